The van der Waals surface area contributed by atoms with Gasteiger partial charge in [-0.15, -0.1) is 0 Å². The third-order valence-corrected chi connectivity index (χ3v) is 5.87. The molecule has 0 atom stereocenters. The Balaban J connectivity index is 1.61. The standard InChI is InChI=1S/C31H55IO12/c32-6-7-33-8-9-34-10-11-35-12-13-36-14-15-37-16-17-38-18-19-39-20-21-40-22-23-41-24-25-42-26-27-43-28-29-44-30-31-4-2-1-3-5-31/h1-5H,6-30H2. The number of rotatable bonds is 37. The first kappa shape index (κ1) is 41.5. The molecule has 0 aliphatic carbocycles. The molecule has 0 N–H and O–H groups in total. The van der Waals surface area contributed by atoms with E-state index in [-0.39, 0.29) is 0 Å². The van der Waals surface area contributed by atoms with E-state index in [0.29, 0.717) is 152 Å². The van der Waals surface area contributed by atoms with Crippen molar-refractivity contribution in [3.63, 3.8) is 0 Å². The Bertz CT molecular complexity index is 662. The van der Waals surface area contributed by atoms with Crippen molar-refractivity contribution in [2.45, 2.75) is 6.61 Å². The molecule has 0 aliphatic rings. The van der Waals surface area contributed by atoms with E-state index in [9.17, 15) is 0 Å². The molecule has 0 radical (unpaired) electrons. The number of hydrogen-bond acceptors (Lipinski definition) is 12. The second-order valence-corrected chi connectivity index (χ2v) is 10.0. The van der Waals surface area contributed by atoms with Crippen LogP contribution in [0.2, 0.25) is 0 Å². The summed E-state index contributed by atoms with van der Waals surface area (Å²) in [6, 6.07) is 10.1. The molecule has 12 nitrogen and oxygen atoms in total. The van der Waals surface area contributed by atoms with Crippen molar-refractivity contribution in [2.24, 2.45) is 0 Å². The predicted octanol–water partition coefficient (Wildman–Crippen LogP) is 2.82. The lowest BCUT2D eigenvalue weighted by Gasteiger charge is -2.09. The van der Waals surface area contributed by atoms with Crippen LogP contribution in [0.4, 0.5) is 0 Å². The molecule has 0 amide bonds. The maximum absolute atomic E-state index is 5.56. The van der Waals surface area contributed by atoms with Gasteiger partial charge in [0.25, 0.3) is 0 Å². The first-order valence-electron chi connectivity index (χ1n) is 15.5. The van der Waals surface area contributed by atoms with Gasteiger partial charge in [0.05, 0.1) is 159 Å². The molecule has 0 spiro atoms. The fourth-order valence-electron chi connectivity index (χ4n) is 3.24. The van der Waals surface area contributed by atoms with Crippen LogP contribution in [0.3, 0.4) is 0 Å². The molecular formula is C31H55IO12. The first-order chi connectivity index (χ1) is 21.9. The Morgan fingerprint density at radius 2 is 0.523 bits per heavy atom. The highest BCUT2D eigenvalue weighted by molar-refractivity contribution is 14.1. The highest BCUT2D eigenvalue weighted by Gasteiger charge is 1.97. The summed E-state index contributed by atoms with van der Waals surface area (Å²) in [6.07, 6.45) is 0. The number of hydrogen-bond donors (Lipinski definition) is 0. The Morgan fingerprint density at radius 1 is 0.295 bits per heavy atom. The van der Waals surface area contributed by atoms with Gasteiger partial charge in [0, 0.05) is 4.43 Å². The molecule has 0 saturated carbocycles. The van der Waals surface area contributed by atoms with Gasteiger partial charge in [-0.2, -0.15) is 0 Å². The first-order valence-corrected chi connectivity index (χ1v) is 17.0. The SMILES string of the molecule is ICCOCCOCCOCCOCCOCCOCCOCCOCCOCCOCCOCCOCc1ccccc1. The lowest BCUT2D eigenvalue weighted by atomic mass is 10.2. The molecule has 1 aromatic rings. The molecule has 1 rings (SSSR count). The summed E-state index contributed by atoms with van der Waals surface area (Å²) in [5.74, 6) is 0. The van der Waals surface area contributed by atoms with Crippen LogP contribution in [0, 0.1) is 0 Å². The van der Waals surface area contributed by atoms with Gasteiger partial charge in [0.15, 0.2) is 0 Å². The quantitative estimate of drug-likeness (QED) is 0.0568. The lowest BCUT2D eigenvalue weighted by Crippen LogP contribution is -2.15. The second-order valence-electron chi connectivity index (χ2n) is 8.96. The number of halogens is 1. The highest BCUT2D eigenvalue weighted by atomic mass is 127. The van der Waals surface area contributed by atoms with Gasteiger partial charge in [-0.1, -0.05) is 52.9 Å². The van der Waals surface area contributed by atoms with Crippen molar-refractivity contribution in [2.75, 3.05) is 156 Å². The fourth-order valence-corrected chi connectivity index (χ4v) is 3.55. The topological polar surface area (TPSA) is 111 Å². The van der Waals surface area contributed by atoms with Gasteiger partial charge in [-0.25, -0.2) is 0 Å². The molecule has 13 heteroatoms. The third-order valence-electron chi connectivity index (χ3n) is 5.43. The summed E-state index contributed by atoms with van der Waals surface area (Å²) in [5, 5.41) is 0. The smallest absolute Gasteiger partial charge is 0.0718 e. The summed E-state index contributed by atoms with van der Waals surface area (Å²) in [7, 11) is 0. The second kappa shape index (κ2) is 36.9. The molecule has 258 valence electrons. The number of ether oxygens (including phenoxy) is 12. The van der Waals surface area contributed by atoms with E-state index < -0.39 is 0 Å². The van der Waals surface area contributed by atoms with Crippen LogP contribution in [0.15, 0.2) is 30.3 Å². The molecule has 0 aliphatic heterocycles. The van der Waals surface area contributed by atoms with Crippen molar-refractivity contribution in [1.82, 2.24) is 0 Å². The van der Waals surface area contributed by atoms with Crippen LogP contribution in [0.1, 0.15) is 5.56 Å². The zero-order valence-corrected chi connectivity index (χ0v) is 28.5. The van der Waals surface area contributed by atoms with Crippen LogP contribution in [0.25, 0.3) is 0 Å². The molecule has 0 fully saturated rings. The van der Waals surface area contributed by atoms with Crippen molar-refractivity contribution in [3.05, 3.63) is 35.9 Å². The molecule has 44 heavy (non-hydrogen) atoms. The van der Waals surface area contributed by atoms with E-state index >= 15 is 0 Å². The lowest BCUT2D eigenvalue weighted by molar-refractivity contribution is -0.0284. The molecule has 0 bridgehead atoms. The number of benzene rings is 1. The summed E-state index contributed by atoms with van der Waals surface area (Å²) >= 11 is 2.28. The fraction of sp³-hybridized carbons (Fsp3) is 0.806. The average Bonchev–Trinajstić information content (AvgIpc) is 3.05. The monoisotopic (exact) mass is 746 g/mol. The van der Waals surface area contributed by atoms with E-state index in [2.05, 4.69) is 22.6 Å². The van der Waals surface area contributed by atoms with E-state index in [4.69, 9.17) is 56.8 Å². The van der Waals surface area contributed by atoms with Crippen molar-refractivity contribution in [1.29, 1.82) is 0 Å². The largest absolute Gasteiger partial charge is 0.378 e. The molecule has 0 unspecified atom stereocenters. The zero-order valence-electron chi connectivity index (χ0n) is 26.3. The molecule has 0 heterocycles. The Labute approximate surface area is 277 Å². The summed E-state index contributed by atoms with van der Waals surface area (Å²) in [5.41, 5.74) is 1.16. The molecule has 1 aromatic carbocycles. The maximum atomic E-state index is 5.56. The van der Waals surface area contributed by atoms with Gasteiger partial charge >= 0.3 is 0 Å². The summed E-state index contributed by atoms with van der Waals surface area (Å²) < 4.78 is 66.6. The van der Waals surface area contributed by atoms with Gasteiger partial charge in [-0.05, 0) is 5.56 Å². The Kier molecular flexibility index (Phi) is 34.8. The molecule has 0 saturated heterocycles. The third kappa shape index (κ3) is 32.9. The van der Waals surface area contributed by atoms with Crippen LogP contribution in [-0.2, 0) is 63.4 Å². The van der Waals surface area contributed by atoms with Crippen LogP contribution in [-0.4, -0.2) is 156 Å². The molecule has 0 aromatic heterocycles. The minimum Gasteiger partial charge on any atom is -0.378 e. The zero-order chi connectivity index (χ0) is 31.3. The number of alkyl halides is 1. The maximum Gasteiger partial charge on any atom is 0.0718 e. The minimum atomic E-state index is 0.516. The predicted molar refractivity (Wildman–Crippen MR) is 174 cm³/mol. The van der Waals surface area contributed by atoms with E-state index in [1.807, 2.05) is 30.3 Å². The van der Waals surface area contributed by atoms with Crippen LogP contribution >= 0.6 is 22.6 Å². The van der Waals surface area contributed by atoms with Gasteiger partial charge < -0.3 is 56.8 Å². The summed E-state index contributed by atoms with van der Waals surface area (Å²) in [4.78, 5) is 0. The molecular weight excluding hydrogens is 691 g/mol. The minimum absolute atomic E-state index is 0.516. The van der Waals surface area contributed by atoms with Gasteiger partial charge in [0.1, 0.15) is 0 Å². The summed E-state index contributed by atoms with van der Waals surface area (Å²) in [6.45, 7) is 13.2. The van der Waals surface area contributed by atoms with E-state index in [0.717, 1.165) is 16.6 Å². The van der Waals surface area contributed by atoms with E-state index in [1.54, 1.807) is 0 Å². The van der Waals surface area contributed by atoms with E-state index in [1.165, 1.54) is 0 Å². The normalized spacial score (nSPS) is 11.5. The van der Waals surface area contributed by atoms with Crippen molar-refractivity contribution < 1.29 is 56.8 Å². The average molecular weight is 747 g/mol. The van der Waals surface area contributed by atoms with Gasteiger partial charge in [-0.3, -0.25) is 0 Å². The van der Waals surface area contributed by atoms with Crippen molar-refractivity contribution >= 4 is 22.6 Å². The Morgan fingerprint density at radius 3 is 0.773 bits per heavy atom. The van der Waals surface area contributed by atoms with Crippen LogP contribution in [0.5, 0.6) is 0 Å². The Hall–Kier alpha value is -0.530. The van der Waals surface area contributed by atoms with Crippen molar-refractivity contribution in [3.8, 4) is 0 Å². The van der Waals surface area contributed by atoms with Gasteiger partial charge in [0.2, 0.25) is 0 Å². The van der Waals surface area contributed by atoms with Crippen LogP contribution < -0.4 is 0 Å². The highest BCUT2D eigenvalue weighted by Crippen LogP contribution is 2.00.